The van der Waals surface area contributed by atoms with Gasteiger partial charge in [-0.15, -0.1) is 0 Å². The smallest absolute Gasteiger partial charge is 0.272 e. The first-order valence-corrected chi connectivity index (χ1v) is 7.82. The van der Waals surface area contributed by atoms with Gasteiger partial charge in [0.15, 0.2) is 0 Å². The fraction of sp³-hybridized carbons (Fsp3) is 0.278. The minimum absolute atomic E-state index is 0.0202. The van der Waals surface area contributed by atoms with Gasteiger partial charge in [0.2, 0.25) is 0 Å². The van der Waals surface area contributed by atoms with Gasteiger partial charge >= 0.3 is 0 Å². The molecule has 2 aromatic rings. The van der Waals surface area contributed by atoms with E-state index in [1.54, 1.807) is 17.9 Å². The molecule has 2 atom stereocenters. The topological polar surface area (TPSA) is 89.5 Å². The van der Waals surface area contributed by atoms with Gasteiger partial charge in [-0.2, -0.15) is 0 Å². The van der Waals surface area contributed by atoms with E-state index in [2.05, 4.69) is 0 Å². The Balaban J connectivity index is 1.79. The van der Waals surface area contributed by atoms with Gasteiger partial charge in [-0.05, 0) is 24.6 Å². The van der Waals surface area contributed by atoms with E-state index in [1.807, 2.05) is 30.3 Å². The molecule has 1 saturated heterocycles. The zero-order valence-electron chi connectivity index (χ0n) is 13.4. The second kappa shape index (κ2) is 6.41. The number of nitro groups is 1. The number of benzene rings is 2. The third-order valence-electron chi connectivity index (χ3n) is 4.52. The number of hydrogen-bond donors (Lipinski definition) is 1. The Morgan fingerprint density at radius 2 is 1.92 bits per heavy atom. The average molecular weight is 325 g/mol. The Morgan fingerprint density at radius 1 is 1.21 bits per heavy atom. The first-order valence-electron chi connectivity index (χ1n) is 7.82. The van der Waals surface area contributed by atoms with Gasteiger partial charge in [0, 0.05) is 42.2 Å². The summed E-state index contributed by atoms with van der Waals surface area (Å²) in [5, 5.41) is 10.9. The number of rotatable bonds is 3. The van der Waals surface area contributed by atoms with Gasteiger partial charge in [-0.3, -0.25) is 14.9 Å². The summed E-state index contributed by atoms with van der Waals surface area (Å²) in [4.78, 5) is 24.9. The van der Waals surface area contributed by atoms with Crippen molar-refractivity contribution in [3.63, 3.8) is 0 Å². The lowest BCUT2D eigenvalue weighted by Gasteiger charge is -2.17. The molecule has 0 bridgehead atoms. The van der Waals surface area contributed by atoms with Gasteiger partial charge < -0.3 is 10.6 Å². The molecule has 1 fully saturated rings. The van der Waals surface area contributed by atoms with Crippen LogP contribution in [0.2, 0.25) is 0 Å². The van der Waals surface area contributed by atoms with Gasteiger partial charge in [0.25, 0.3) is 11.6 Å². The van der Waals surface area contributed by atoms with Gasteiger partial charge in [0.05, 0.1) is 4.92 Å². The number of nitro benzene ring substituents is 1. The number of likely N-dealkylation sites (tertiary alicyclic amines) is 1. The van der Waals surface area contributed by atoms with Crippen molar-refractivity contribution in [3.05, 3.63) is 75.3 Å². The van der Waals surface area contributed by atoms with E-state index in [-0.39, 0.29) is 23.6 Å². The third-order valence-corrected chi connectivity index (χ3v) is 4.52. The molecule has 1 heterocycles. The number of hydrogen-bond acceptors (Lipinski definition) is 4. The van der Waals surface area contributed by atoms with Crippen molar-refractivity contribution in [2.75, 3.05) is 13.1 Å². The van der Waals surface area contributed by atoms with Crippen LogP contribution in [0.15, 0.2) is 48.5 Å². The minimum atomic E-state index is -0.444. The molecule has 1 amide bonds. The van der Waals surface area contributed by atoms with Crippen molar-refractivity contribution < 1.29 is 9.72 Å². The van der Waals surface area contributed by atoms with E-state index >= 15 is 0 Å². The van der Waals surface area contributed by atoms with Crippen molar-refractivity contribution in [1.29, 1.82) is 0 Å². The van der Waals surface area contributed by atoms with Crippen molar-refractivity contribution >= 4 is 11.6 Å². The van der Waals surface area contributed by atoms with Crippen molar-refractivity contribution in [2.45, 2.75) is 18.9 Å². The van der Waals surface area contributed by atoms with E-state index in [9.17, 15) is 14.9 Å². The molecule has 0 unspecified atom stereocenters. The molecule has 124 valence electrons. The van der Waals surface area contributed by atoms with Gasteiger partial charge in [-0.25, -0.2) is 0 Å². The summed E-state index contributed by atoms with van der Waals surface area (Å²) in [6.07, 6.45) is 0. The highest BCUT2D eigenvalue weighted by Crippen LogP contribution is 2.28. The lowest BCUT2D eigenvalue weighted by molar-refractivity contribution is -0.385. The first kappa shape index (κ1) is 16.1. The number of nitrogens with two attached hydrogens (primary N) is 1. The van der Waals surface area contributed by atoms with Crippen LogP contribution in [-0.2, 0) is 0 Å². The maximum Gasteiger partial charge on any atom is 0.272 e. The normalized spacial score (nSPS) is 20.2. The van der Waals surface area contributed by atoms with Crippen LogP contribution in [0.25, 0.3) is 0 Å². The zero-order chi connectivity index (χ0) is 17.3. The molecule has 24 heavy (non-hydrogen) atoms. The maximum atomic E-state index is 12.7. The Kier molecular flexibility index (Phi) is 4.31. The molecule has 2 N–H and O–H groups in total. The monoisotopic (exact) mass is 325 g/mol. The van der Waals surface area contributed by atoms with E-state index in [4.69, 9.17) is 5.73 Å². The highest BCUT2D eigenvalue weighted by molar-refractivity contribution is 5.95. The predicted molar refractivity (Wildman–Crippen MR) is 90.9 cm³/mol. The Bertz CT molecular complexity index is 776. The molecule has 6 nitrogen and oxygen atoms in total. The number of nitrogens with zero attached hydrogens (tertiary/aromatic N) is 2. The molecule has 1 aliphatic rings. The maximum absolute atomic E-state index is 12.7. The molecular weight excluding hydrogens is 306 g/mol. The summed E-state index contributed by atoms with van der Waals surface area (Å²) >= 11 is 0. The molecule has 1 aliphatic heterocycles. The third kappa shape index (κ3) is 3.00. The highest BCUT2D eigenvalue weighted by atomic mass is 16.6. The second-order valence-electron chi connectivity index (χ2n) is 6.15. The number of amides is 1. The standard InChI is InChI=1S/C18H19N3O3/c1-12-9-14(7-8-17(12)21(23)24)18(22)20-10-15(16(19)11-20)13-5-3-2-4-6-13/h2-9,15-16H,10-11,19H2,1H3/t15-,16+/m0/s1. The second-order valence-corrected chi connectivity index (χ2v) is 6.15. The largest absolute Gasteiger partial charge is 0.336 e. The average Bonchev–Trinajstić information content (AvgIpc) is 2.96. The van der Waals surface area contributed by atoms with E-state index in [0.717, 1.165) is 5.56 Å². The van der Waals surface area contributed by atoms with Crippen molar-refractivity contribution in [3.8, 4) is 0 Å². The molecule has 3 rings (SSSR count). The fourth-order valence-electron chi connectivity index (χ4n) is 3.22. The van der Waals surface area contributed by atoms with Crippen LogP contribution in [0, 0.1) is 17.0 Å². The number of carbonyl (C=O) groups is 1. The van der Waals surface area contributed by atoms with Crippen LogP contribution in [0.3, 0.4) is 0 Å². The van der Waals surface area contributed by atoms with Crippen LogP contribution in [0.5, 0.6) is 0 Å². The lowest BCUT2D eigenvalue weighted by atomic mass is 9.95. The minimum Gasteiger partial charge on any atom is -0.336 e. The summed E-state index contributed by atoms with van der Waals surface area (Å²) in [5.74, 6) is -0.0313. The van der Waals surface area contributed by atoms with Crippen LogP contribution in [0.4, 0.5) is 5.69 Å². The van der Waals surface area contributed by atoms with Crippen molar-refractivity contribution in [1.82, 2.24) is 4.90 Å². The van der Waals surface area contributed by atoms with Crippen LogP contribution >= 0.6 is 0 Å². The van der Waals surface area contributed by atoms with Gasteiger partial charge in [-0.1, -0.05) is 30.3 Å². The molecule has 6 heteroatoms. The van der Waals surface area contributed by atoms with E-state index in [1.165, 1.54) is 12.1 Å². The summed E-state index contributed by atoms with van der Waals surface area (Å²) in [6.45, 7) is 2.67. The zero-order valence-corrected chi connectivity index (χ0v) is 13.4. The predicted octanol–water partition coefficient (Wildman–Crippen LogP) is 2.47. The van der Waals surface area contributed by atoms with Crippen LogP contribution < -0.4 is 5.73 Å². The first-order chi connectivity index (χ1) is 11.5. The SMILES string of the molecule is Cc1cc(C(=O)N2C[C@@H](N)[C@H](c3ccccc3)C2)ccc1[N+](=O)[O-]. The fourth-order valence-corrected chi connectivity index (χ4v) is 3.22. The highest BCUT2D eigenvalue weighted by Gasteiger charge is 2.34. The molecular formula is C18H19N3O3. The molecule has 2 aromatic carbocycles. The summed E-state index contributed by atoms with van der Waals surface area (Å²) in [7, 11) is 0. The van der Waals surface area contributed by atoms with Crippen molar-refractivity contribution in [2.24, 2.45) is 5.73 Å². The number of carbonyl (C=O) groups excluding carboxylic acids is 1. The van der Waals surface area contributed by atoms with Crippen LogP contribution in [0.1, 0.15) is 27.4 Å². The van der Waals surface area contributed by atoms with E-state index < -0.39 is 4.92 Å². The van der Waals surface area contributed by atoms with Gasteiger partial charge in [0.1, 0.15) is 0 Å². The summed E-state index contributed by atoms with van der Waals surface area (Å²) in [5.41, 5.74) is 8.31. The molecule has 0 aromatic heterocycles. The molecule has 0 saturated carbocycles. The number of aryl methyl sites for hydroxylation is 1. The summed E-state index contributed by atoms with van der Waals surface area (Å²) < 4.78 is 0. The Labute approximate surface area is 140 Å². The molecule has 0 aliphatic carbocycles. The lowest BCUT2D eigenvalue weighted by Crippen LogP contribution is -2.32. The Hall–Kier alpha value is -2.73. The molecule has 0 radical (unpaired) electrons. The quantitative estimate of drug-likeness (QED) is 0.693. The Morgan fingerprint density at radius 3 is 2.54 bits per heavy atom. The molecule has 0 spiro atoms. The van der Waals surface area contributed by atoms with Crippen LogP contribution in [-0.4, -0.2) is 34.9 Å². The van der Waals surface area contributed by atoms with E-state index in [0.29, 0.717) is 24.2 Å². The summed E-state index contributed by atoms with van der Waals surface area (Å²) in [6, 6.07) is 14.3.